The lowest BCUT2D eigenvalue weighted by atomic mass is 10.0. The number of aromatic nitrogens is 3. The van der Waals surface area contributed by atoms with Crippen LogP contribution in [0.2, 0.25) is 0 Å². The van der Waals surface area contributed by atoms with Gasteiger partial charge in [-0.15, -0.1) is 0 Å². The molecule has 29 heavy (non-hydrogen) atoms. The zero-order chi connectivity index (χ0) is 19.9. The first kappa shape index (κ1) is 18.8. The highest BCUT2D eigenvalue weighted by Gasteiger charge is 2.20. The molecule has 4 nitrogen and oxygen atoms in total. The summed E-state index contributed by atoms with van der Waals surface area (Å²) >= 11 is 0. The van der Waals surface area contributed by atoms with Crippen molar-refractivity contribution in [2.45, 2.75) is 12.7 Å². The molecule has 0 aliphatic carbocycles. The number of ether oxygens (including phenoxy) is 1. The highest BCUT2D eigenvalue weighted by Crippen LogP contribution is 2.31. The van der Waals surface area contributed by atoms with Gasteiger partial charge in [0.05, 0.1) is 12.3 Å². The van der Waals surface area contributed by atoms with Gasteiger partial charge in [-0.2, -0.15) is 5.10 Å². The maximum atomic E-state index is 13.6. The van der Waals surface area contributed by atoms with Gasteiger partial charge in [-0.3, -0.25) is 0 Å². The van der Waals surface area contributed by atoms with E-state index in [0.717, 1.165) is 22.4 Å². The summed E-state index contributed by atoms with van der Waals surface area (Å²) in [6, 6.07) is 26.3. The molecule has 0 saturated heterocycles. The lowest BCUT2D eigenvalue weighted by Gasteiger charge is -2.22. The van der Waals surface area contributed by atoms with Crippen molar-refractivity contribution >= 4 is 11.8 Å². The molecule has 1 heterocycles. The maximum absolute atomic E-state index is 13.6. The summed E-state index contributed by atoms with van der Waals surface area (Å²) in [4.78, 5) is 4.10. The van der Waals surface area contributed by atoms with Crippen molar-refractivity contribution in [3.8, 4) is 0 Å². The Balaban J connectivity index is 1.73. The molecule has 1 atom stereocenters. The van der Waals surface area contributed by atoms with Crippen molar-refractivity contribution in [3.05, 3.63) is 120 Å². The fourth-order valence-electron chi connectivity index (χ4n) is 3.11. The van der Waals surface area contributed by atoms with Crippen LogP contribution in [0, 0.1) is 5.82 Å². The zero-order valence-electron chi connectivity index (χ0n) is 15.7. The van der Waals surface area contributed by atoms with Crippen molar-refractivity contribution in [2.75, 3.05) is 0 Å². The molecule has 5 heteroatoms. The largest absolute Gasteiger partial charge is 0.362 e. The van der Waals surface area contributed by atoms with Crippen LogP contribution in [-0.2, 0) is 11.3 Å². The summed E-state index contributed by atoms with van der Waals surface area (Å²) in [5.41, 5.74) is 3.58. The monoisotopic (exact) mass is 385 g/mol. The number of nitrogens with zero attached hydrogens (tertiary/aromatic N) is 3. The standard InChI is InChI=1S/C24H20FN3O/c25-22-13-7-10-20(14-22)16-29-24(21-11-5-2-6-12-21)23(28-18-26-17-27-28)15-19-8-3-1-4-9-19/h1-15,17-18,24H,16H2. The number of hydrogen-bond acceptors (Lipinski definition) is 3. The van der Waals surface area contributed by atoms with Crippen molar-refractivity contribution < 1.29 is 9.13 Å². The van der Waals surface area contributed by atoms with Gasteiger partial charge in [-0.1, -0.05) is 72.8 Å². The molecule has 3 aromatic carbocycles. The topological polar surface area (TPSA) is 39.9 Å². The molecule has 0 amide bonds. The molecule has 0 radical (unpaired) electrons. The summed E-state index contributed by atoms with van der Waals surface area (Å²) in [6.07, 6.45) is 4.75. The molecular weight excluding hydrogens is 365 g/mol. The number of halogens is 1. The third-order valence-electron chi connectivity index (χ3n) is 4.47. The lowest BCUT2D eigenvalue weighted by Crippen LogP contribution is -2.13. The Kier molecular flexibility index (Phi) is 5.88. The van der Waals surface area contributed by atoms with Crippen molar-refractivity contribution in [1.29, 1.82) is 0 Å². The second kappa shape index (κ2) is 9.08. The molecular formula is C24H20FN3O. The number of rotatable bonds is 7. The average Bonchev–Trinajstić information content (AvgIpc) is 3.29. The van der Waals surface area contributed by atoms with Gasteiger partial charge in [0.1, 0.15) is 24.6 Å². The summed E-state index contributed by atoms with van der Waals surface area (Å²) in [5, 5.41) is 4.33. The van der Waals surface area contributed by atoms with E-state index in [4.69, 9.17) is 4.74 Å². The van der Waals surface area contributed by atoms with Crippen molar-refractivity contribution in [3.63, 3.8) is 0 Å². The fraction of sp³-hybridized carbons (Fsp3) is 0.0833. The van der Waals surface area contributed by atoms with Crippen LogP contribution in [0.4, 0.5) is 4.39 Å². The smallest absolute Gasteiger partial charge is 0.138 e. The van der Waals surface area contributed by atoms with E-state index in [2.05, 4.69) is 10.1 Å². The van der Waals surface area contributed by atoms with E-state index in [1.807, 2.05) is 72.8 Å². The minimum Gasteiger partial charge on any atom is -0.362 e. The Morgan fingerprint density at radius 2 is 1.72 bits per heavy atom. The van der Waals surface area contributed by atoms with Crippen LogP contribution < -0.4 is 0 Å². The minimum atomic E-state index is -0.415. The van der Waals surface area contributed by atoms with E-state index in [0.29, 0.717) is 0 Å². The molecule has 0 aliphatic rings. The molecule has 0 fully saturated rings. The molecule has 0 N–H and O–H groups in total. The third-order valence-corrected chi connectivity index (χ3v) is 4.47. The third kappa shape index (κ3) is 4.83. The molecule has 0 bridgehead atoms. The molecule has 0 saturated carbocycles. The Morgan fingerprint density at radius 1 is 0.966 bits per heavy atom. The van der Waals surface area contributed by atoms with Crippen molar-refractivity contribution in [1.82, 2.24) is 14.8 Å². The first-order chi connectivity index (χ1) is 14.3. The van der Waals surface area contributed by atoms with Crippen LogP contribution in [-0.4, -0.2) is 14.8 Å². The van der Waals surface area contributed by atoms with Crippen LogP contribution in [0.5, 0.6) is 0 Å². The fourth-order valence-corrected chi connectivity index (χ4v) is 3.11. The quantitative estimate of drug-likeness (QED) is 0.429. The van der Waals surface area contributed by atoms with Gasteiger partial charge in [-0.05, 0) is 34.9 Å². The van der Waals surface area contributed by atoms with Gasteiger partial charge in [0.2, 0.25) is 0 Å². The molecule has 1 unspecified atom stereocenters. The average molecular weight is 385 g/mol. The van der Waals surface area contributed by atoms with E-state index in [-0.39, 0.29) is 12.4 Å². The second-order valence-electron chi connectivity index (χ2n) is 6.55. The summed E-state index contributed by atoms with van der Waals surface area (Å²) in [5.74, 6) is -0.279. The van der Waals surface area contributed by atoms with Crippen LogP contribution in [0.15, 0.2) is 97.6 Å². The molecule has 0 spiro atoms. The molecule has 144 valence electrons. The molecule has 4 rings (SSSR count). The summed E-state index contributed by atoms with van der Waals surface area (Å²) < 4.78 is 21.6. The summed E-state index contributed by atoms with van der Waals surface area (Å²) in [7, 11) is 0. The Bertz CT molecular complexity index is 1060. The van der Waals surface area contributed by atoms with Crippen LogP contribution in [0.1, 0.15) is 22.8 Å². The van der Waals surface area contributed by atoms with Gasteiger partial charge < -0.3 is 4.74 Å². The van der Waals surface area contributed by atoms with Gasteiger partial charge in [0.15, 0.2) is 0 Å². The predicted octanol–water partition coefficient (Wildman–Crippen LogP) is 5.37. The number of benzene rings is 3. The van der Waals surface area contributed by atoms with Gasteiger partial charge in [-0.25, -0.2) is 14.1 Å². The first-order valence-corrected chi connectivity index (χ1v) is 9.32. The maximum Gasteiger partial charge on any atom is 0.138 e. The highest BCUT2D eigenvalue weighted by molar-refractivity contribution is 5.73. The Hall–Kier alpha value is -3.57. The molecule has 1 aromatic heterocycles. The van der Waals surface area contributed by atoms with E-state index in [9.17, 15) is 4.39 Å². The van der Waals surface area contributed by atoms with Crippen molar-refractivity contribution in [2.24, 2.45) is 0 Å². The number of hydrogen-bond donors (Lipinski definition) is 0. The van der Waals surface area contributed by atoms with Gasteiger partial charge in [0.25, 0.3) is 0 Å². The van der Waals surface area contributed by atoms with Crippen LogP contribution >= 0.6 is 0 Å². The molecule has 0 aliphatic heterocycles. The second-order valence-corrected chi connectivity index (χ2v) is 6.55. The minimum absolute atomic E-state index is 0.262. The van der Waals surface area contributed by atoms with E-state index in [1.165, 1.54) is 18.5 Å². The van der Waals surface area contributed by atoms with Gasteiger partial charge >= 0.3 is 0 Å². The summed E-state index contributed by atoms with van der Waals surface area (Å²) in [6.45, 7) is 0.262. The van der Waals surface area contributed by atoms with E-state index < -0.39 is 6.10 Å². The SMILES string of the molecule is Fc1cccc(COC(C(=Cc2ccccc2)n2cncn2)c2ccccc2)c1. The van der Waals surface area contributed by atoms with Crippen LogP contribution in [0.3, 0.4) is 0 Å². The Labute approximate surface area is 168 Å². The zero-order valence-corrected chi connectivity index (χ0v) is 15.7. The normalized spacial score (nSPS) is 12.7. The predicted molar refractivity (Wildman–Crippen MR) is 111 cm³/mol. The Morgan fingerprint density at radius 3 is 2.41 bits per heavy atom. The highest BCUT2D eigenvalue weighted by atomic mass is 19.1. The molecule has 4 aromatic rings. The first-order valence-electron chi connectivity index (χ1n) is 9.32. The lowest BCUT2D eigenvalue weighted by molar-refractivity contribution is 0.0745. The van der Waals surface area contributed by atoms with Crippen LogP contribution in [0.25, 0.3) is 11.8 Å². The van der Waals surface area contributed by atoms with Gasteiger partial charge in [0, 0.05) is 0 Å². The van der Waals surface area contributed by atoms with E-state index >= 15 is 0 Å². The van der Waals surface area contributed by atoms with E-state index in [1.54, 1.807) is 17.1 Å².